The molecule has 200 valence electrons. The quantitative estimate of drug-likeness (QED) is 0.225. The molecule has 0 radical (unpaired) electrons. The second-order valence-corrected chi connectivity index (χ2v) is 8.55. The number of nitrogen functional groups attached to an aromatic ring is 1. The first-order valence-electron chi connectivity index (χ1n) is 11.8. The molecule has 0 fully saturated rings. The predicted octanol–water partition coefficient (Wildman–Crippen LogP) is 3.31. The molecular weight excluding hydrogens is 486 g/mol. The molecule has 0 aliphatic carbocycles. The Morgan fingerprint density at radius 1 is 0.921 bits per heavy atom. The number of amidine groups is 1. The molecule has 0 spiro atoms. The number of likely N-dealkylation sites (N-methyl/N-ethyl adjacent to an activating group) is 1. The van der Waals surface area contributed by atoms with Crippen molar-refractivity contribution in [1.82, 2.24) is 5.32 Å². The first-order valence-corrected chi connectivity index (χ1v) is 11.8. The fourth-order valence-electron chi connectivity index (χ4n) is 3.97. The van der Waals surface area contributed by atoms with E-state index in [-0.39, 0.29) is 30.7 Å². The summed E-state index contributed by atoms with van der Waals surface area (Å²) in [7, 11) is 6.36. The van der Waals surface area contributed by atoms with Gasteiger partial charge in [-0.3, -0.25) is 15.0 Å². The molecule has 0 saturated carbocycles. The lowest BCUT2D eigenvalue weighted by Gasteiger charge is -2.23. The number of nitrogens with two attached hydrogens (primary N) is 1. The summed E-state index contributed by atoms with van der Waals surface area (Å²) < 4.78 is 16.1. The third-order valence-corrected chi connectivity index (χ3v) is 6.02. The van der Waals surface area contributed by atoms with Gasteiger partial charge in [-0.15, -0.1) is 0 Å². The Morgan fingerprint density at radius 2 is 1.55 bits per heavy atom. The summed E-state index contributed by atoms with van der Waals surface area (Å²) in [6, 6.07) is 15.6. The first kappa shape index (κ1) is 27.9. The van der Waals surface area contributed by atoms with Gasteiger partial charge in [0.1, 0.15) is 23.1 Å². The Labute approximate surface area is 222 Å². The molecule has 3 aromatic carbocycles. The minimum Gasteiger partial charge on any atom is -0.496 e. The fraction of sp³-hybridized carbons (Fsp3) is 0.250. The summed E-state index contributed by atoms with van der Waals surface area (Å²) >= 11 is 0. The van der Waals surface area contributed by atoms with Gasteiger partial charge in [-0.25, -0.2) is 0 Å². The minimum absolute atomic E-state index is 0.00666. The highest BCUT2D eigenvalue weighted by Crippen LogP contribution is 2.30. The highest BCUT2D eigenvalue weighted by Gasteiger charge is 2.17. The van der Waals surface area contributed by atoms with Crippen molar-refractivity contribution in [2.75, 3.05) is 45.1 Å². The molecule has 0 aliphatic rings. The van der Waals surface area contributed by atoms with Crippen LogP contribution in [-0.4, -0.2) is 52.6 Å². The van der Waals surface area contributed by atoms with Crippen molar-refractivity contribution in [3.63, 3.8) is 0 Å². The maximum atomic E-state index is 13.0. The van der Waals surface area contributed by atoms with Gasteiger partial charge in [0.15, 0.2) is 0 Å². The Morgan fingerprint density at radius 3 is 2.16 bits per heavy atom. The number of nitrogens with zero attached hydrogens (tertiary/aromatic N) is 1. The molecule has 10 nitrogen and oxygen atoms in total. The second-order valence-electron chi connectivity index (χ2n) is 8.55. The molecule has 0 unspecified atom stereocenters. The summed E-state index contributed by atoms with van der Waals surface area (Å²) in [6.45, 7) is 2.03. The van der Waals surface area contributed by atoms with Crippen molar-refractivity contribution in [3.05, 3.63) is 76.9 Å². The van der Waals surface area contributed by atoms with Crippen LogP contribution in [-0.2, 0) is 11.3 Å². The monoisotopic (exact) mass is 519 g/mol. The van der Waals surface area contributed by atoms with Gasteiger partial charge in [-0.1, -0.05) is 24.3 Å². The molecule has 3 aromatic rings. The lowest BCUT2D eigenvalue weighted by Crippen LogP contribution is -2.32. The number of hydrogen-bond acceptors (Lipinski definition) is 7. The lowest BCUT2D eigenvalue weighted by atomic mass is 10.1. The molecule has 10 heteroatoms. The van der Waals surface area contributed by atoms with Crippen LogP contribution in [0.2, 0.25) is 0 Å². The zero-order chi connectivity index (χ0) is 27.8. The van der Waals surface area contributed by atoms with Crippen LogP contribution in [0.1, 0.15) is 27.0 Å². The van der Waals surface area contributed by atoms with E-state index >= 15 is 0 Å². The van der Waals surface area contributed by atoms with Gasteiger partial charge < -0.3 is 35.5 Å². The van der Waals surface area contributed by atoms with Crippen LogP contribution >= 0.6 is 0 Å². The van der Waals surface area contributed by atoms with Gasteiger partial charge in [0.2, 0.25) is 5.91 Å². The molecule has 38 heavy (non-hydrogen) atoms. The zero-order valence-electron chi connectivity index (χ0n) is 22.2. The van der Waals surface area contributed by atoms with Crippen molar-refractivity contribution in [2.24, 2.45) is 5.73 Å². The van der Waals surface area contributed by atoms with Crippen molar-refractivity contribution in [2.45, 2.75) is 13.5 Å². The van der Waals surface area contributed by atoms with E-state index in [0.29, 0.717) is 39.8 Å². The summed E-state index contributed by atoms with van der Waals surface area (Å²) in [6.07, 6.45) is 0. The van der Waals surface area contributed by atoms with E-state index in [1.165, 1.54) is 21.3 Å². The Bertz CT molecular complexity index is 1320. The number of rotatable bonds is 11. The molecule has 0 aromatic heterocycles. The van der Waals surface area contributed by atoms with Gasteiger partial charge >= 0.3 is 0 Å². The van der Waals surface area contributed by atoms with E-state index in [1.54, 1.807) is 60.5 Å². The van der Waals surface area contributed by atoms with E-state index in [0.717, 1.165) is 11.1 Å². The van der Waals surface area contributed by atoms with Crippen LogP contribution < -0.4 is 35.5 Å². The van der Waals surface area contributed by atoms with Crippen molar-refractivity contribution < 1.29 is 23.8 Å². The second kappa shape index (κ2) is 12.5. The topological polar surface area (TPSA) is 139 Å². The number of para-hydroxylation sites is 2. The highest BCUT2D eigenvalue weighted by atomic mass is 16.5. The minimum atomic E-state index is -0.320. The molecule has 0 heterocycles. The predicted molar refractivity (Wildman–Crippen MR) is 148 cm³/mol. The van der Waals surface area contributed by atoms with Crippen LogP contribution in [0.5, 0.6) is 17.2 Å². The Hall–Kier alpha value is -4.73. The zero-order valence-corrected chi connectivity index (χ0v) is 22.2. The molecule has 0 saturated heterocycles. The molecule has 0 bridgehead atoms. The molecule has 2 amide bonds. The maximum absolute atomic E-state index is 13.0. The average molecular weight is 520 g/mol. The van der Waals surface area contributed by atoms with E-state index in [4.69, 9.17) is 25.4 Å². The largest absolute Gasteiger partial charge is 0.496 e. The van der Waals surface area contributed by atoms with Crippen LogP contribution in [0.3, 0.4) is 0 Å². The number of ether oxygens (including phenoxy) is 3. The SMILES string of the molecule is COc1ccccc1NC(=O)CN(C)c1cc(C(=N)N)ccc1CNC(=O)c1cc(OC)c(C)c(OC)c1. The fourth-order valence-corrected chi connectivity index (χ4v) is 3.97. The van der Waals surface area contributed by atoms with Gasteiger partial charge in [-0.05, 0) is 42.8 Å². The van der Waals surface area contributed by atoms with E-state index in [9.17, 15) is 9.59 Å². The summed E-state index contributed by atoms with van der Waals surface area (Å²) in [4.78, 5) is 27.6. The Balaban J connectivity index is 1.80. The lowest BCUT2D eigenvalue weighted by molar-refractivity contribution is -0.114. The summed E-state index contributed by atoms with van der Waals surface area (Å²) in [5.74, 6) is 0.949. The highest BCUT2D eigenvalue weighted by molar-refractivity contribution is 5.98. The number of carbonyl (C=O) groups excluding carboxylic acids is 2. The van der Waals surface area contributed by atoms with Gasteiger partial charge in [0.05, 0.1) is 33.6 Å². The van der Waals surface area contributed by atoms with Crippen LogP contribution in [0, 0.1) is 12.3 Å². The molecule has 0 atom stereocenters. The molecule has 3 rings (SSSR count). The van der Waals surface area contributed by atoms with Crippen LogP contribution in [0.15, 0.2) is 54.6 Å². The number of carbonyl (C=O) groups is 2. The summed E-state index contributed by atoms with van der Waals surface area (Å²) in [5.41, 5.74) is 9.33. The maximum Gasteiger partial charge on any atom is 0.251 e. The smallest absolute Gasteiger partial charge is 0.251 e. The third kappa shape index (κ3) is 6.52. The van der Waals surface area contributed by atoms with Crippen molar-refractivity contribution in [1.29, 1.82) is 5.41 Å². The van der Waals surface area contributed by atoms with E-state index < -0.39 is 0 Å². The number of benzene rings is 3. The summed E-state index contributed by atoms with van der Waals surface area (Å²) in [5, 5.41) is 13.6. The van der Waals surface area contributed by atoms with Crippen molar-refractivity contribution >= 4 is 29.0 Å². The van der Waals surface area contributed by atoms with E-state index in [2.05, 4.69) is 10.6 Å². The standard InChI is InChI=1S/C28H33N5O5/c1-17-24(37-4)13-20(14-25(17)38-5)28(35)31-15-19-11-10-18(27(29)30)12-22(19)33(2)16-26(34)32-21-8-6-7-9-23(21)36-3/h6-14H,15-16H2,1-5H3,(H3,29,30)(H,31,35)(H,32,34). The number of hydrogen-bond donors (Lipinski definition) is 4. The number of methoxy groups -OCH3 is 3. The van der Waals surface area contributed by atoms with Gasteiger partial charge in [0.25, 0.3) is 5.91 Å². The van der Waals surface area contributed by atoms with Gasteiger partial charge in [0, 0.05) is 36.0 Å². The first-order chi connectivity index (χ1) is 18.2. The van der Waals surface area contributed by atoms with Crippen LogP contribution in [0.25, 0.3) is 0 Å². The number of nitrogens with one attached hydrogen (secondary N) is 3. The van der Waals surface area contributed by atoms with Crippen molar-refractivity contribution in [3.8, 4) is 17.2 Å². The normalized spacial score (nSPS) is 10.3. The van der Waals surface area contributed by atoms with E-state index in [1.807, 2.05) is 13.0 Å². The molecule has 0 aliphatic heterocycles. The number of amides is 2. The van der Waals surface area contributed by atoms with Crippen LogP contribution in [0.4, 0.5) is 11.4 Å². The third-order valence-electron chi connectivity index (χ3n) is 6.02. The Kier molecular flexibility index (Phi) is 9.15. The number of anilines is 2. The molecule has 5 N–H and O–H groups in total. The molecular formula is C28H33N5O5. The van der Waals surface area contributed by atoms with Gasteiger partial charge in [-0.2, -0.15) is 0 Å². The average Bonchev–Trinajstić information content (AvgIpc) is 2.91.